The molecule has 1 aliphatic rings. The van der Waals surface area contributed by atoms with E-state index >= 15 is 0 Å². The second kappa shape index (κ2) is 9.27. The minimum absolute atomic E-state index is 0.118. The zero-order valence-electron chi connectivity index (χ0n) is 14.2. The lowest BCUT2D eigenvalue weighted by Gasteiger charge is -2.33. The third-order valence-corrected chi connectivity index (χ3v) is 5.57. The second-order valence-corrected chi connectivity index (χ2v) is 7.86. The van der Waals surface area contributed by atoms with Gasteiger partial charge in [-0.05, 0) is 49.2 Å². The van der Waals surface area contributed by atoms with Crippen LogP contribution in [0.3, 0.4) is 0 Å². The van der Waals surface area contributed by atoms with E-state index in [4.69, 9.17) is 11.6 Å². The Balaban J connectivity index is 1.44. The first-order chi connectivity index (χ1) is 12.2. The standard InChI is InChI=1S/C20H23ClN2OS/c21-17-10-8-16(9-11-17)13-23-12-4-5-18(14-23)22-20(24)15-25-19-6-2-1-3-7-19/h1-3,6-11,18H,4-5,12-15H2,(H,22,24). The van der Waals surface area contributed by atoms with E-state index in [0.717, 1.165) is 42.4 Å². The van der Waals surface area contributed by atoms with Crippen LogP contribution in [0, 0.1) is 0 Å². The fourth-order valence-electron chi connectivity index (χ4n) is 3.10. The van der Waals surface area contributed by atoms with Gasteiger partial charge in [-0.25, -0.2) is 0 Å². The maximum Gasteiger partial charge on any atom is 0.230 e. The number of nitrogens with one attached hydrogen (secondary N) is 1. The highest BCUT2D eigenvalue weighted by Gasteiger charge is 2.21. The molecule has 25 heavy (non-hydrogen) atoms. The zero-order chi connectivity index (χ0) is 17.5. The third kappa shape index (κ3) is 6.07. The number of halogens is 1. The maximum atomic E-state index is 12.2. The van der Waals surface area contributed by atoms with Crippen molar-refractivity contribution in [2.45, 2.75) is 30.3 Å². The summed E-state index contributed by atoms with van der Waals surface area (Å²) in [5, 5.41) is 3.96. The summed E-state index contributed by atoms with van der Waals surface area (Å²) >= 11 is 7.53. The number of amides is 1. The molecule has 1 unspecified atom stereocenters. The fraction of sp³-hybridized carbons (Fsp3) is 0.350. The molecule has 1 N–H and O–H groups in total. The molecule has 0 aliphatic carbocycles. The summed E-state index contributed by atoms with van der Waals surface area (Å²) < 4.78 is 0. The molecule has 3 nitrogen and oxygen atoms in total. The van der Waals surface area contributed by atoms with Crippen molar-refractivity contribution in [3.05, 3.63) is 65.2 Å². The van der Waals surface area contributed by atoms with Crippen molar-refractivity contribution in [1.29, 1.82) is 0 Å². The van der Waals surface area contributed by atoms with E-state index in [2.05, 4.69) is 22.3 Å². The number of thioether (sulfide) groups is 1. The lowest BCUT2D eigenvalue weighted by Crippen LogP contribution is -2.47. The molecule has 1 aliphatic heterocycles. The third-order valence-electron chi connectivity index (χ3n) is 4.30. The van der Waals surface area contributed by atoms with Gasteiger partial charge in [0, 0.05) is 29.0 Å². The number of nitrogens with zero attached hydrogens (tertiary/aromatic N) is 1. The number of carbonyl (C=O) groups is 1. The molecule has 1 amide bonds. The number of hydrogen-bond donors (Lipinski definition) is 1. The highest BCUT2D eigenvalue weighted by atomic mass is 35.5. The molecule has 1 fully saturated rings. The van der Waals surface area contributed by atoms with Gasteiger partial charge < -0.3 is 5.32 Å². The van der Waals surface area contributed by atoms with Crippen LogP contribution in [0.15, 0.2) is 59.5 Å². The molecule has 1 heterocycles. The second-order valence-electron chi connectivity index (χ2n) is 6.37. The molecule has 0 radical (unpaired) electrons. The smallest absolute Gasteiger partial charge is 0.230 e. The molecule has 3 rings (SSSR count). The van der Waals surface area contributed by atoms with Crippen LogP contribution in [0.2, 0.25) is 5.02 Å². The normalized spacial score (nSPS) is 18.0. The Morgan fingerprint density at radius 2 is 1.92 bits per heavy atom. The molecule has 2 aromatic carbocycles. The van der Waals surface area contributed by atoms with Crippen LogP contribution in [0.4, 0.5) is 0 Å². The Morgan fingerprint density at radius 1 is 1.16 bits per heavy atom. The number of benzene rings is 2. The number of piperidine rings is 1. The summed E-state index contributed by atoms with van der Waals surface area (Å²) in [7, 11) is 0. The van der Waals surface area contributed by atoms with Crippen LogP contribution in [0.5, 0.6) is 0 Å². The van der Waals surface area contributed by atoms with Crippen molar-refractivity contribution in [3.8, 4) is 0 Å². The number of carbonyl (C=O) groups excluding carboxylic acids is 1. The summed E-state index contributed by atoms with van der Waals surface area (Å²) in [5.74, 6) is 0.588. The summed E-state index contributed by atoms with van der Waals surface area (Å²) in [5.41, 5.74) is 1.26. The Labute approximate surface area is 158 Å². The van der Waals surface area contributed by atoms with Gasteiger partial charge in [0.25, 0.3) is 0 Å². The number of hydrogen-bond acceptors (Lipinski definition) is 3. The predicted octanol–water partition coefficient (Wildman–Crippen LogP) is 4.21. The molecule has 5 heteroatoms. The summed E-state index contributed by atoms with van der Waals surface area (Å²) in [6.45, 7) is 2.89. The monoisotopic (exact) mass is 374 g/mol. The van der Waals surface area contributed by atoms with Crippen molar-refractivity contribution in [1.82, 2.24) is 10.2 Å². The largest absolute Gasteiger partial charge is 0.351 e. The van der Waals surface area contributed by atoms with Gasteiger partial charge in [-0.3, -0.25) is 9.69 Å². The fourth-order valence-corrected chi connectivity index (χ4v) is 3.96. The minimum Gasteiger partial charge on any atom is -0.351 e. The van der Waals surface area contributed by atoms with Gasteiger partial charge in [0.05, 0.1) is 5.75 Å². The number of rotatable bonds is 6. The first kappa shape index (κ1) is 18.3. The Bertz CT molecular complexity index is 678. The molecule has 2 aromatic rings. The zero-order valence-corrected chi connectivity index (χ0v) is 15.7. The maximum absolute atomic E-state index is 12.2. The Hall–Kier alpha value is -1.49. The molecule has 0 spiro atoms. The summed E-state index contributed by atoms with van der Waals surface area (Å²) in [4.78, 5) is 15.8. The summed E-state index contributed by atoms with van der Waals surface area (Å²) in [6.07, 6.45) is 2.17. The predicted molar refractivity (Wildman–Crippen MR) is 105 cm³/mol. The van der Waals surface area contributed by atoms with Crippen LogP contribution in [0.25, 0.3) is 0 Å². The molecule has 0 saturated carbocycles. The van der Waals surface area contributed by atoms with Crippen molar-refractivity contribution >= 4 is 29.3 Å². The van der Waals surface area contributed by atoms with Crippen molar-refractivity contribution in [2.75, 3.05) is 18.8 Å². The van der Waals surface area contributed by atoms with Crippen LogP contribution >= 0.6 is 23.4 Å². The van der Waals surface area contributed by atoms with Gasteiger partial charge in [-0.1, -0.05) is 41.9 Å². The van der Waals surface area contributed by atoms with Gasteiger partial charge in [-0.2, -0.15) is 0 Å². The topological polar surface area (TPSA) is 32.3 Å². The highest BCUT2D eigenvalue weighted by molar-refractivity contribution is 8.00. The molecule has 1 atom stereocenters. The van der Waals surface area contributed by atoms with Gasteiger partial charge in [0.2, 0.25) is 5.91 Å². The van der Waals surface area contributed by atoms with E-state index in [1.54, 1.807) is 11.8 Å². The van der Waals surface area contributed by atoms with Gasteiger partial charge >= 0.3 is 0 Å². The average Bonchev–Trinajstić information content (AvgIpc) is 2.63. The minimum atomic E-state index is 0.118. The SMILES string of the molecule is O=C(CSc1ccccc1)NC1CCCN(Cc2ccc(Cl)cc2)C1. The molecule has 0 aromatic heterocycles. The molecule has 1 saturated heterocycles. The van der Waals surface area contributed by atoms with E-state index in [-0.39, 0.29) is 11.9 Å². The number of likely N-dealkylation sites (tertiary alicyclic amines) is 1. The van der Waals surface area contributed by atoms with Gasteiger partial charge in [-0.15, -0.1) is 11.8 Å². The van der Waals surface area contributed by atoms with Crippen LogP contribution in [-0.2, 0) is 11.3 Å². The first-order valence-corrected chi connectivity index (χ1v) is 9.99. The van der Waals surface area contributed by atoms with E-state index in [1.807, 2.05) is 42.5 Å². The average molecular weight is 375 g/mol. The Kier molecular flexibility index (Phi) is 6.79. The quantitative estimate of drug-likeness (QED) is 0.768. The van der Waals surface area contributed by atoms with Gasteiger partial charge in [0.1, 0.15) is 0 Å². The molecule has 0 bridgehead atoms. The summed E-state index contributed by atoms with van der Waals surface area (Å²) in [6, 6.07) is 18.3. The van der Waals surface area contributed by atoms with E-state index in [9.17, 15) is 4.79 Å². The molecule has 132 valence electrons. The van der Waals surface area contributed by atoms with Crippen LogP contribution in [-0.4, -0.2) is 35.7 Å². The van der Waals surface area contributed by atoms with Crippen LogP contribution < -0.4 is 5.32 Å². The Morgan fingerprint density at radius 3 is 2.68 bits per heavy atom. The lowest BCUT2D eigenvalue weighted by molar-refractivity contribution is -0.119. The van der Waals surface area contributed by atoms with Crippen LogP contribution in [0.1, 0.15) is 18.4 Å². The first-order valence-electron chi connectivity index (χ1n) is 8.63. The van der Waals surface area contributed by atoms with E-state index in [1.165, 1.54) is 5.56 Å². The highest BCUT2D eigenvalue weighted by Crippen LogP contribution is 2.18. The van der Waals surface area contributed by atoms with Crippen molar-refractivity contribution in [2.24, 2.45) is 0 Å². The van der Waals surface area contributed by atoms with Crippen molar-refractivity contribution in [3.63, 3.8) is 0 Å². The lowest BCUT2D eigenvalue weighted by atomic mass is 10.0. The molecular formula is C20H23ClN2OS. The van der Waals surface area contributed by atoms with E-state index in [0.29, 0.717) is 5.75 Å². The molecular weight excluding hydrogens is 352 g/mol. The van der Waals surface area contributed by atoms with E-state index < -0.39 is 0 Å². The van der Waals surface area contributed by atoms with Crippen molar-refractivity contribution < 1.29 is 4.79 Å². The van der Waals surface area contributed by atoms with Gasteiger partial charge in [0.15, 0.2) is 0 Å².